The Labute approximate surface area is 173 Å². The van der Waals surface area contributed by atoms with Gasteiger partial charge in [-0.1, -0.05) is 11.8 Å². The van der Waals surface area contributed by atoms with Gasteiger partial charge in [0.25, 0.3) is 0 Å². The Morgan fingerprint density at radius 2 is 1.76 bits per heavy atom. The third-order valence-corrected chi connectivity index (χ3v) is 5.62. The molecule has 1 saturated heterocycles. The molecule has 2 N–H and O–H groups in total. The lowest BCUT2D eigenvalue weighted by atomic mass is 10.3. The van der Waals surface area contributed by atoms with Gasteiger partial charge in [-0.05, 0) is 37.1 Å². The van der Waals surface area contributed by atoms with Gasteiger partial charge in [-0.3, -0.25) is 14.2 Å². The number of hydrogen-bond donors (Lipinski definition) is 2. The number of ether oxygens (including phenoxy) is 1. The van der Waals surface area contributed by atoms with Crippen molar-refractivity contribution in [2.75, 3.05) is 47.6 Å². The van der Waals surface area contributed by atoms with E-state index in [1.807, 2.05) is 0 Å². The van der Waals surface area contributed by atoms with E-state index in [-0.39, 0.29) is 17.6 Å². The summed E-state index contributed by atoms with van der Waals surface area (Å²) in [7, 11) is 0. The van der Waals surface area contributed by atoms with Crippen molar-refractivity contribution in [2.24, 2.45) is 0 Å². The molecule has 0 spiro atoms. The van der Waals surface area contributed by atoms with E-state index in [1.54, 1.807) is 24.3 Å². The van der Waals surface area contributed by atoms with Crippen LogP contribution in [-0.2, 0) is 14.3 Å². The molecule has 1 saturated carbocycles. The van der Waals surface area contributed by atoms with Crippen LogP contribution in [0.15, 0.2) is 29.4 Å². The predicted molar refractivity (Wildman–Crippen MR) is 111 cm³/mol. The Kier molecular flexibility index (Phi) is 6.00. The number of aromatic nitrogens is 3. The van der Waals surface area contributed by atoms with Crippen LogP contribution >= 0.6 is 11.8 Å². The second-order valence-corrected chi connectivity index (χ2v) is 8.02. The molecular formula is C19H24N6O3S. The van der Waals surface area contributed by atoms with Crippen molar-refractivity contribution in [3.8, 4) is 0 Å². The zero-order valence-corrected chi connectivity index (χ0v) is 17.1. The van der Waals surface area contributed by atoms with E-state index in [2.05, 4.69) is 30.3 Å². The molecule has 0 unspecified atom stereocenters. The van der Waals surface area contributed by atoms with Crippen LogP contribution in [-0.4, -0.2) is 58.6 Å². The number of nitrogens with zero attached hydrogens (tertiary/aromatic N) is 4. The Hall–Kier alpha value is -2.59. The summed E-state index contributed by atoms with van der Waals surface area (Å²) in [5.41, 5.74) is 1.38. The van der Waals surface area contributed by atoms with Crippen LogP contribution in [0.1, 0.15) is 25.8 Å². The molecule has 1 aromatic carbocycles. The van der Waals surface area contributed by atoms with E-state index in [4.69, 9.17) is 4.74 Å². The number of morpholine rings is 1. The molecule has 2 fully saturated rings. The van der Waals surface area contributed by atoms with E-state index in [9.17, 15) is 9.59 Å². The quantitative estimate of drug-likeness (QED) is 0.667. The van der Waals surface area contributed by atoms with Crippen LogP contribution in [0, 0.1) is 0 Å². The molecule has 29 heavy (non-hydrogen) atoms. The van der Waals surface area contributed by atoms with Gasteiger partial charge in [0.2, 0.25) is 17.8 Å². The summed E-state index contributed by atoms with van der Waals surface area (Å²) in [5, 5.41) is 15.1. The van der Waals surface area contributed by atoms with Gasteiger partial charge in [-0.15, -0.1) is 10.2 Å². The van der Waals surface area contributed by atoms with E-state index in [1.165, 1.54) is 18.7 Å². The van der Waals surface area contributed by atoms with Crippen LogP contribution in [0.3, 0.4) is 0 Å². The summed E-state index contributed by atoms with van der Waals surface area (Å²) in [6.45, 7) is 4.47. The van der Waals surface area contributed by atoms with Crippen LogP contribution in [0.2, 0.25) is 0 Å². The molecule has 2 amide bonds. The van der Waals surface area contributed by atoms with Crippen molar-refractivity contribution < 1.29 is 14.3 Å². The zero-order chi connectivity index (χ0) is 20.2. The fraction of sp³-hybridized carbons (Fsp3) is 0.474. The fourth-order valence-electron chi connectivity index (χ4n) is 3.17. The van der Waals surface area contributed by atoms with Crippen molar-refractivity contribution in [1.29, 1.82) is 0 Å². The Balaban J connectivity index is 1.35. The highest BCUT2D eigenvalue weighted by Gasteiger charge is 2.32. The summed E-state index contributed by atoms with van der Waals surface area (Å²) >= 11 is 1.40. The minimum atomic E-state index is -0.130. The smallest absolute Gasteiger partial charge is 0.234 e. The third-order valence-electron chi connectivity index (χ3n) is 4.67. The largest absolute Gasteiger partial charge is 0.378 e. The SMILES string of the molecule is CC(=O)Nc1ccc(NC(=O)CSc2nnc(N3CCOCC3)n2C2CC2)cc1. The van der Waals surface area contributed by atoms with Crippen LogP contribution in [0.25, 0.3) is 0 Å². The third kappa shape index (κ3) is 5.07. The van der Waals surface area contributed by atoms with E-state index in [0.717, 1.165) is 37.0 Å². The number of rotatable bonds is 7. The highest BCUT2D eigenvalue weighted by Crippen LogP contribution is 2.41. The molecule has 1 aromatic heterocycles. The second-order valence-electron chi connectivity index (χ2n) is 7.08. The average Bonchev–Trinajstić information content (AvgIpc) is 3.47. The lowest BCUT2D eigenvalue weighted by Gasteiger charge is -2.27. The molecule has 154 valence electrons. The number of hydrogen-bond acceptors (Lipinski definition) is 7. The number of nitrogens with one attached hydrogen (secondary N) is 2. The van der Waals surface area contributed by atoms with Crippen LogP contribution < -0.4 is 15.5 Å². The number of anilines is 3. The lowest BCUT2D eigenvalue weighted by Crippen LogP contribution is -2.38. The summed E-state index contributed by atoms with van der Waals surface area (Å²) in [6, 6.07) is 7.45. The molecule has 9 nitrogen and oxygen atoms in total. The Morgan fingerprint density at radius 1 is 1.10 bits per heavy atom. The maximum Gasteiger partial charge on any atom is 0.234 e. The van der Waals surface area contributed by atoms with Gasteiger partial charge in [0, 0.05) is 37.4 Å². The molecule has 2 aliphatic rings. The van der Waals surface area contributed by atoms with Crippen molar-refractivity contribution in [1.82, 2.24) is 14.8 Å². The summed E-state index contributed by atoms with van der Waals surface area (Å²) in [5.74, 6) is 0.892. The minimum Gasteiger partial charge on any atom is -0.378 e. The molecule has 10 heteroatoms. The Bertz CT molecular complexity index is 875. The van der Waals surface area contributed by atoms with Gasteiger partial charge >= 0.3 is 0 Å². The molecule has 2 heterocycles. The van der Waals surface area contributed by atoms with Crippen molar-refractivity contribution in [3.63, 3.8) is 0 Å². The van der Waals surface area contributed by atoms with Gasteiger partial charge < -0.3 is 20.3 Å². The molecule has 4 rings (SSSR count). The first-order chi connectivity index (χ1) is 14.1. The van der Waals surface area contributed by atoms with Crippen molar-refractivity contribution >= 4 is 40.9 Å². The number of amides is 2. The number of thioether (sulfide) groups is 1. The lowest BCUT2D eigenvalue weighted by molar-refractivity contribution is -0.114. The van der Waals surface area contributed by atoms with Crippen LogP contribution in [0.5, 0.6) is 0 Å². The first kappa shape index (κ1) is 19.7. The normalized spacial score (nSPS) is 16.5. The van der Waals surface area contributed by atoms with Gasteiger partial charge in [-0.2, -0.15) is 0 Å². The number of benzene rings is 1. The molecule has 0 radical (unpaired) electrons. The molecule has 1 aliphatic heterocycles. The minimum absolute atomic E-state index is 0.111. The number of carbonyl (C=O) groups excluding carboxylic acids is 2. The van der Waals surface area contributed by atoms with Crippen molar-refractivity contribution in [3.05, 3.63) is 24.3 Å². The topological polar surface area (TPSA) is 101 Å². The van der Waals surface area contributed by atoms with Gasteiger partial charge in [0.1, 0.15) is 0 Å². The monoisotopic (exact) mass is 416 g/mol. The molecule has 1 aliphatic carbocycles. The second kappa shape index (κ2) is 8.83. The number of carbonyl (C=O) groups is 2. The summed E-state index contributed by atoms with van der Waals surface area (Å²) in [4.78, 5) is 25.6. The molecular weight excluding hydrogens is 392 g/mol. The highest BCUT2D eigenvalue weighted by atomic mass is 32.2. The first-order valence-corrected chi connectivity index (χ1v) is 10.7. The predicted octanol–water partition coefficient (Wildman–Crippen LogP) is 2.14. The summed E-state index contributed by atoms with van der Waals surface area (Å²) < 4.78 is 7.60. The van der Waals surface area contributed by atoms with E-state index >= 15 is 0 Å². The van der Waals surface area contributed by atoms with Gasteiger partial charge in [0.05, 0.1) is 19.0 Å². The fourth-order valence-corrected chi connectivity index (χ4v) is 3.97. The summed E-state index contributed by atoms with van der Waals surface area (Å²) in [6.07, 6.45) is 2.24. The standard InChI is InChI=1S/C19H24N6O3S/c1-13(26)20-14-2-4-15(5-3-14)21-17(27)12-29-19-23-22-18(25(19)16-6-7-16)24-8-10-28-11-9-24/h2-5,16H,6-12H2,1H3,(H,20,26)(H,21,27). The zero-order valence-electron chi connectivity index (χ0n) is 16.3. The van der Waals surface area contributed by atoms with E-state index in [0.29, 0.717) is 30.6 Å². The van der Waals surface area contributed by atoms with Gasteiger partial charge in [-0.25, -0.2) is 0 Å². The van der Waals surface area contributed by atoms with Gasteiger partial charge in [0.15, 0.2) is 5.16 Å². The molecule has 2 aromatic rings. The Morgan fingerprint density at radius 3 is 2.38 bits per heavy atom. The maximum absolute atomic E-state index is 12.4. The van der Waals surface area contributed by atoms with Crippen molar-refractivity contribution in [2.45, 2.75) is 31.0 Å². The maximum atomic E-state index is 12.4. The molecule has 0 atom stereocenters. The average molecular weight is 417 g/mol. The first-order valence-electron chi connectivity index (χ1n) is 9.68. The van der Waals surface area contributed by atoms with E-state index < -0.39 is 0 Å². The van der Waals surface area contributed by atoms with Crippen LogP contribution in [0.4, 0.5) is 17.3 Å². The highest BCUT2D eigenvalue weighted by molar-refractivity contribution is 7.99. The molecule has 0 bridgehead atoms.